The van der Waals surface area contributed by atoms with E-state index in [0.717, 1.165) is 0 Å². The fraction of sp³-hybridized carbons (Fsp3) is 0.333. The van der Waals surface area contributed by atoms with Crippen LogP contribution in [0.15, 0.2) is 24.3 Å². The quantitative estimate of drug-likeness (QED) is 0.720. The molecule has 0 fully saturated rings. The van der Waals surface area contributed by atoms with Crippen molar-refractivity contribution in [3.63, 3.8) is 0 Å². The lowest BCUT2D eigenvalue weighted by Crippen LogP contribution is -2.37. The molecule has 0 aliphatic rings. The van der Waals surface area contributed by atoms with Gasteiger partial charge in [0.05, 0.1) is 5.92 Å². The molecular weight excluding hydrogens is 256 g/mol. The van der Waals surface area contributed by atoms with E-state index in [2.05, 4.69) is 16.6 Å². The standard InChI is InChI=1S/C15H18N2O3/c1-4-11-6-5-7-12(8-11)17-15(20)16-9-13(10(2)3)14(18)19/h1,5-8,10,13H,9H2,2-3H3,(H,18,19)(H2,16,17,20). The van der Waals surface area contributed by atoms with Gasteiger partial charge in [0.25, 0.3) is 0 Å². The van der Waals surface area contributed by atoms with Crippen LogP contribution in [0, 0.1) is 24.2 Å². The molecule has 0 saturated carbocycles. The molecule has 5 heteroatoms. The van der Waals surface area contributed by atoms with Gasteiger partial charge in [-0.05, 0) is 24.1 Å². The zero-order valence-electron chi connectivity index (χ0n) is 11.5. The summed E-state index contributed by atoms with van der Waals surface area (Å²) in [6, 6.07) is 6.40. The summed E-state index contributed by atoms with van der Waals surface area (Å²) >= 11 is 0. The normalized spacial score (nSPS) is 11.5. The van der Waals surface area contributed by atoms with E-state index in [-0.39, 0.29) is 12.5 Å². The number of carboxylic acid groups (broad SMARTS) is 1. The van der Waals surface area contributed by atoms with Crippen molar-refractivity contribution >= 4 is 17.7 Å². The molecule has 2 amide bonds. The molecule has 1 aromatic carbocycles. The van der Waals surface area contributed by atoms with E-state index in [1.165, 1.54) is 0 Å². The number of hydrogen-bond donors (Lipinski definition) is 3. The van der Waals surface area contributed by atoms with Crippen LogP contribution in [0.5, 0.6) is 0 Å². The van der Waals surface area contributed by atoms with Crippen LogP contribution in [0.3, 0.4) is 0 Å². The Hall–Kier alpha value is -2.48. The van der Waals surface area contributed by atoms with Gasteiger partial charge in [0.1, 0.15) is 0 Å². The molecule has 1 unspecified atom stereocenters. The smallest absolute Gasteiger partial charge is 0.319 e. The van der Waals surface area contributed by atoms with E-state index in [4.69, 9.17) is 11.5 Å². The molecule has 106 valence electrons. The maximum absolute atomic E-state index is 11.7. The molecule has 0 aliphatic heterocycles. The Bertz CT molecular complexity index is 532. The number of carbonyl (C=O) groups is 2. The lowest BCUT2D eigenvalue weighted by molar-refractivity contribution is -0.142. The van der Waals surface area contributed by atoms with Crippen molar-refractivity contribution in [1.82, 2.24) is 5.32 Å². The first kappa shape index (κ1) is 15.6. The molecule has 0 aromatic heterocycles. The van der Waals surface area contributed by atoms with Crippen LogP contribution >= 0.6 is 0 Å². The second kappa shape index (κ2) is 7.19. The van der Waals surface area contributed by atoms with Crippen molar-refractivity contribution in [2.45, 2.75) is 13.8 Å². The minimum Gasteiger partial charge on any atom is -0.481 e. The highest BCUT2D eigenvalue weighted by Gasteiger charge is 2.21. The van der Waals surface area contributed by atoms with Gasteiger partial charge in [-0.15, -0.1) is 6.42 Å². The molecule has 0 bridgehead atoms. The summed E-state index contributed by atoms with van der Waals surface area (Å²) in [5.74, 6) is 0.879. The van der Waals surface area contributed by atoms with Gasteiger partial charge in [-0.25, -0.2) is 4.79 Å². The molecule has 20 heavy (non-hydrogen) atoms. The highest BCUT2D eigenvalue weighted by atomic mass is 16.4. The number of anilines is 1. The average Bonchev–Trinajstić information content (AvgIpc) is 2.38. The Balaban J connectivity index is 2.55. The van der Waals surface area contributed by atoms with Gasteiger partial charge in [-0.1, -0.05) is 25.8 Å². The Kier molecular flexibility index (Phi) is 5.60. The van der Waals surface area contributed by atoms with Crippen LogP contribution in [-0.4, -0.2) is 23.7 Å². The first-order valence-electron chi connectivity index (χ1n) is 6.28. The minimum absolute atomic E-state index is 0.0578. The third-order valence-electron chi connectivity index (χ3n) is 2.89. The molecule has 0 radical (unpaired) electrons. The number of carboxylic acids is 1. The lowest BCUT2D eigenvalue weighted by atomic mass is 9.96. The van der Waals surface area contributed by atoms with Crippen LogP contribution in [0.25, 0.3) is 0 Å². The number of terminal acetylenes is 1. The summed E-state index contributed by atoms with van der Waals surface area (Å²) in [6.07, 6.45) is 5.27. The predicted molar refractivity (Wildman–Crippen MR) is 77.4 cm³/mol. The van der Waals surface area contributed by atoms with Gasteiger partial charge in [-0.2, -0.15) is 0 Å². The molecule has 1 atom stereocenters. The van der Waals surface area contributed by atoms with E-state index < -0.39 is 17.9 Å². The van der Waals surface area contributed by atoms with E-state index in [0.29, 0.717) is 11.3 Å². The number of hydrogen-bond acceptors (Lipinski definition) is 2. The summed E-state index contributed by atoms with van der Waals surface area (Å²) in [5.41, 5.74) is 1.22. The number of aliphatic carboxylic acids is 1. The third kappa shape index (κ3) is 4.65. The molecule has 1 rings (SSSR count). The highest BCUT2D eigenvalue weighted by molar-refractivity contribution is 5.89. The van der Waals surface area contributed by atoms with E-state index in [1.54, 1.807) is 38.1 Å². The number of nitrogens with one attached hydrogen (secondary N) is 2. The van der Waals surface area contributed by atoms with Crippen LogP contribution < -0.4 is 10.6 Å². The monoisotopic (exact) mass is 274 g/mol. The number of amides is 2. The van der Waals surface area contributed by atoms with Gasteiger partial charge in [0.15, 0.2) is 0 Å². The molecular formula is C15H18N2O3. The largest absolute Gasteiger partial charge is 0.481 e. The summed E-state index contributed by atoms with van der Waals surface area (Å²) in [6.45, 7) is 3.68. The highest BCUT2D eigenvalue weighted by Crippen LogP contribution is 2.11. The van der Waals surface area contributed by atoms with Crippen molar-refractivity contribution in [3.8, 4) is 12.3 Å². The molecule has 0 heterocycles. The van der Waals surface area contributed by atoms with Crippen molar-refractivity contribution < 1.29 is 14.7 Å². The summed E-state index contributed by atoms with van der Waals surface area (Å²) in [7, 11) is 0. The lowest BCUT2D eigenvalue weighted by Gasteiger charge is -2.17. The number of rotatable bonds is 5. The fourth-order valence-corrected chi connectivity index (χ4v) is 1.67. The molecule has 0 saturated heterocycles. The summed E-state index contributed by atoms with van der Waals surface area (Å²) in [5, 5.41) is 14.2. The second-order valence-electron chi connectivity index (χ2n) is 4.75. The first-order valence-corrected chi connectivity index (χ1v) is 6.28. The maximum atomic E-state index is 11.7. The van der Waals surface area contributed by atoms with Crippen molar-refractivity contribution in [2.75, 3.05) is 11.9 Å². The fourth-order valence-electron chi connectivity index (χ4n) is 1.67. The minimum atomic E-state index is -0.922. The Morgan fingerprint density at radius 3 is 2.65 bits per heavy atom. The summed E-state index contributed by atoms with van der Waals surface area (Å²) < 4.78 is 0. The molecule has 3 N–H and O–H groups in total. The Morgan fingerprint density at radius 2 is 2.10 bits per heavy atom. The van der Waals surface area contributed by atoms with Crippen molar-refractivity contribution in [3.05, 3.63) is 29.8 Å². The zero-order valence-corrected chi connectivity index (χ0v) is 11.5. The maximum Gasteiger partial charge on any atom is 0.319 e. The number of urea groups is 1. The number of carbonyl (C=O) groups excluding carboxylic acids is 1. The van der Waals surface area contributed by atoms with Crippen molar-refractivity contribution in [2.24, 2.45) is 11.8 Å². The molecule has 5 nitrogen and oxygen atoms in total. The van der Waals surface area contributed by atoms with E-state index in [9.17, 15) is 9.59 Å². The van der Waals surface area contributed by atoms with Crippen LogP contribution in [0.2, 0.25) is 0 Å². The SMILES string of the molecule is C#Cc1cccc(NC(=O)NCC(C(=O)O)C(C)C)c1. The average molecular weight is 274 g/mol. The Morgan fingerprint density at radius 1 is 1.40 bits per heavy atom. The topological polar surface area (TPSA) is 78.4 Å². The third-order valence-corrected chi connectivity index (χ3v) is 2.89. The van der Waals surface area contributed by atoms with Crippen LogP contribution in [0.1, 0.15) is 19.4 Å². The predicted octanol–water partition coefficient (Wildman–Crippen LogP) is 2.15. The van der Waals surface area contributed by atoms with E-state index in [1.807, 2.05) is 0 Å². The van der Waals surface area contributed by atoms with Crippen LogP contribution in [-0.2, 0) is 4.79 Å². The summed E-state index contributed by atoms with van der Waals surface area (Å²) in [4.78, 5) is 22.7. The van der Waals surface area contributed by atoms with Gasteiger partial charge < -0.3 is 15.7 Å². The van der Waals surface area contributed by atoms with Gasteiger partial charge >= 0.3 is 12.0 Å². The van der Waals surface area contributed by atoms with Crippen LogP contribution in [0.4, 0.5) is 10.5 Å². The van der Waals surface area contributed by atoms with Gasteiger partial charge in [0, 0.05) is 17.8 Å². The van der Waals surface area contributed by atoms with Crippen molar-refractivity contribution in [1.29, 1.82) is 0 Å². The molecule has 0 aliphatic carbocycles. The molecule has 1 aromatic rings. The van der Waals surface area contributed by atoms with E-state index >= 15 is 0 Å². The zero-order chi connectivity index (χ0) is 15.1. The second-order valence-corrected chi connectivity index (χ2v) is 4.75. The van der Waals surface area contributed by atoms with Gasteiger partial charge in [0.2, 0.25) is 0 Å². The Labute approximate surface area is 118 Å². The number of benzene rings is 1. The van der Waals surface area contributed by atoms with Gasteiger partial charge in [-0.3, -0.25) is 4.79 Å². The first-order chi connectivity index (χ1) is 9.43. The molecule has 0 spiro atoms.